The molecule has 0 aliphatic heterocycles. The van der Waals surface area contributed by atoms with Crippen LogP contribution in [0, 0.1) is 0 Å². The molecule has 0 aromatic carbocycles. The monoisotopic (exact) mass is 252 g/mol. The molecule has 0 aromatic rings. The Morgan fingerprint density at radius 2 is 1.14 bits per heavy atom. The van der Waals surface area contributed by atoms with Crippen molar-refractivity contribution in [1.82, 2.24) is 4.90 Å². The van der Waals surface area contributed by atoms with E-state index < -0.39 is 38.3 Å². The van der Waals surface area contributed by atoms with Gasteiger partial charge in [-0.2, -0.15) is 0 Å². The zero-order valence-electron chi connectivity index (χ0n) is 13.0. The molecule has 21 heavy (non-hydrogen) atoms. The van der Waals surface area contributed by atoms with Gasteiger partial charge in [-0.25, -0.2) is 0 Å². The number of hydrogen-bond donors (Lipinski definition) is 0. The van der Waals surface area contributed by atoms with Crippen LogP contribution in [0.4, 0.5) is 0 Å². The van der Waals surface area contributed by atoms with E-state index in [1.165, 1.54) is 18.9 Å². The minimum atomic E-state index is -0.754. The topological polar surface area (TPSA) is 20.3 Å². The molecule has 0 unspecified atom stereocenters. The summed E-state index contributed by atoms with van der Waals surface area (Å²) in [7, 11) is 49.2. The van der Waals surface area contributed by atoms with Crippen molar-refractivity contribution < 1.29 is 4.79 Å². The van der Waals surface area contributed by atoms with Gasteiger partial charge in [-0.05, 0) is 0 Å². The van der Waals surface area contributed by atoms with Crippen molar-refractivity contribution in [3.8, 4) is 0 Å². The molecule has 0 N–H and O–H groups in total. The van der Waals surface area contributed by atoms with Gasteiger partial charge in [0.25, 0.3) is 0 Å². The van der Waals surface area contributed by atoms with E-state index in [4.69, 9.17) is 61.9 Å². The molecule has 0 bridgehead atoms. The fraction of sp³-hybridized carbons (Fsp3) is 0.750. The van der Waals surface area contributed by atoms with Gasteiger partial charge in [0, 0.05) is 128 Å². The second-order valence-corrected chi connectivity index (χ2v) is 5.07. The number of carbonyl (C=O) groups excluding carboxylic acids is 1. The Balaban J connectivity index is 0. The van der Waals surface area contributed by atoms with Crippen molar-refractivity contribution in [2.45, 2.75) is 6.92 Å². The van der Waals surface area contributed by atoms with Gasteiger partial charge >= 0.3 is 0 Å². The van der Waals surface area contributed by atoms with Crippen molar-refractivity contribution in [2.75, 3.05) is 14.1 Å². The number of carbonyl (C=O) groups is 1. The quantitative estimate of drug-likeness (QED) is 0.430. The summed E-state index contributed by atoms with van der Waals surface area (Å²) in [6.45, 7) is 1.53. The summed E-state index contributed by atoms with van der Waals surface area (Å²) in [5, 5.41) is 0. The first-order valence-corrected chi connectivity index (χ1v) is 6.49. The van der Waals surface area contributed by atoms with Crippen molar-refractivity contribution in [2.24, 2.45) is 0 Å². The molecule has 0 saturated heterocycles. The van der Waals surface area contributed by atoms with Gasteiger partial charge in [0.05, 0.1) is 0 Å². The van der Waals surface area contributed by atoms with E-state index in [1.54, 1.807) is 14.1 Å². The first-order chi connectivity index (χ1) is 9.47. The van der Waals surface area contributed by atoms with Crippen LogP contribution in [0.5, 0.6) is 0 Å². The third-order valence-electron chi connectivity index (χ3n) is 3.07. The van der Waals surface area contributed by atoms with Crippen molar-refractivity contribution in [3.63, 3.8) is 0 Å². The molecule has 0 spiro atoms. The molecule has 0 fully saturated rings. The Labute approximate surface area is 144 Å². The standard InChI is InChI=1S/C4H9NO.B15/c1-4(6)5(2)3;1-9-13(8)15(12(6)7)14(10(2)3)11(4)5/h1-3H3;. The van der Waals surface area contributed by atoms with Crippen LogP contribution in [0.2, 0.25) is 0 Å². The zero-order valence-corrected chi connectivity index (χ0v) is 13.0. The highest BCUT2D eigenvalue weighted by molar-refractivity contribution is 8.12. The van der Waals surface area contributed by atoms with Crippen LogP contribution in [0.15, 0.2) is 0 Å². The van der Waals surface area contributed by atoms with Crippen molar-refractivity contribution in [1.29, 1.82) is 0 Å². The summed E-state index contributed by atoms with van der Waals surface area (Å²) in [4.78, 5) is 11.6. The maximum Gasteiger partial charge on any atom is 0.218 e. The minimum absolute atomic E-state index is 0.0926. The molecule has 2 nitrogen and oxygen atoms in total. The van der Waals surface area contributed by atoms with Gasteiger partial charge < -0.3 is 4.90 Å². The predicted octanol–water partition coefficient (Wildman–Crippen LogP) is -5.62. The lowest BCUT2D eigenvalue weighted by molar-refractivity contribution is -0.126. The van der Waals surface area contributed by atoms with E-state index >= 15 is 0 Å². The molecule has 81 valence electrons. The van der Waals surface area contributed by atoms with E-state index in [0.717, 1.165) is 0 Å². The molecule has 0 heterocycles. The smallest absolute Gasteiger partial charge is 0.218 e. The number of hydrogen-bond acceptors (Lipinski definition) is 1. The van der Waals surface area contributed by atoms with Gasteiger partial charge in [-0.3, -0.25) is 4.79 Å². The lowest BCUT2D eigenvalue weighted by Crippen LogP contribution is -2.73. The molecule has 0 rings (SSSR count). The number of rotatable bonds is 6. The van der Waals surface area contributed by atoms with E-state index in [1.807, 2.05) is 0 Å². The highest BCUT2D eigenvalue weighted by Gasteiger charge is 2.36. The lowest BCUT2D eigenvalue weighted by atomic mass is 8.46. The first-order valence-electron chi connectivity index (χ1n) is 6.49. The summed E-state index contributed by atoms with van der Waals surface area (Å²) in [5.74, 6) is 0.0926. The fourth-order valence-electron chi connectivity index (χ4n) is 1.67. The van der Waals surface area contributed by atoms with Gasteiger partial charge in [0.15, 0.2) is 0 Å². The van der Waals surface area contributed by atoms with E-state index in [-0.39, 0.29) is 5.91 Å². The summed E-state index contributed by atoms with van der Waals surface area (Å²) in [5.41, 5.74) is 0. The maximum absolute atomic E-state index is 10.1. The second kappa shape index (κ2) is 11.9. The highest BCUT2D eigenvalue weighted by Crippen LogP contribution is 1.98. The van der Waals surface area contributed by atoms with Crippen LogP contribution >= 0.6 is 0 Å². The zero-order chi connectivity index (χ0) is 17.3. The lowest BCUT2D eigenvalue weighted by Gasteiger charge is -2.35. The normalized spacial score (nSPS) is 8.52. The van der Waals surface area contributed by atoms with Crippen molar-refractivity contribution >= 4 is 113 Å². The summed E-state index contributed by atoms with van der Waals surface area (Å²) in [6.07, 6.45) is -3.77. The Bertz CT molecular complexity index is 275. The number of nitrogens with zero attached hydrogens (tertiary/aromatic N) is 1. The van der Waals surface area contributed by atoms with Gasteiger partial charge in [-0.1, -0.05) is 0 Å². The van der Waals surface area contributed by atoms with Gasteiger partial charge in [-0.15, -0.1) is 0 Å². The molecule has 0 aliphatic rings. The Morgan fingerprint density at radius 3 is 1.29 bits per heavy atom. The van der Waals surface area contributed by atoms with Crippen LogP contribution in [0.1, 0.15) is 6.92 Å². The Kier molecular flexibility index (Phi) is 13.5. The third-order valence-corrected chi connectivity index (χ3v) is 3.07. The average molecular weight is 249 g/mol. The van der Waals surface area contributed by atoms with Crippen LogP contribution < -0.4 is 0 Å². The van der Waals surface area contributed by atoms with E-state index in [2.05, 4.69) is 0 Å². The second-order valence-electron chi connectivity index (χ2n) is 5.07. The van der Waals surface area contributed by atoms with E-state index in [9.17, 15) is 4.79 Å². The molecule has 0 aromatic heterocycles. The maximum atomic E-state index is 10.1. The molecule has 17 heteroatoms. The predicted molar refractivity (Wildman–Crippen MR) is 111 cm³/mol. The minimum Gasteiger partial charge on any atom is -0.349 e. The van der Waals surface area contributed by atoms with Crippen LogP contribution in [0.3, 0.4) is 0 Å². The molecule has 17 radical (unpaired) electrons. The fourth-order valence-corrected chi connectivity index (χ4v) is 1.67. The number of amides is 1. The highest BCUT2D eigenvalue weighted by atomic mass is 16.2. The summed E-state index contributed by atoms with van der Waals surface area (Å²) >= 11 is 0. The van der Waals surface area contributed by atoms with Crippen LogP contribution in [-0.4, -0.2) is 132 Å². The van der Waals surface area contributed by atoms with Crippen LogP contribution in [0.25, 0.3) is 0 Å². The summed E-state index contributed by atoms with van der Waals surface area (Å²) in [6, 6.07) is 0. The Hall–Kier alpha value is 0.444. The van der Waals surface area contributed by atoms with Gasteiger partial charge in [0.1, 0.15) is 0 Å². The molecule has 1 amide bonds. The molecule has 0 atom stereocenters. The molecule has 0 aliphatic carbocycles. The third kappa shape index (κ3) is 9.95. The average Bonchev–Trinajstić information content (AvgIpc) is 2.33. The Morgan fingerprint density at radius 1 is 0.857 bits per heavy atom. The van der Waals surface area contributed by atoms with Gasteiger partial charge in [0.2, 0.25) is 5.91 Å². The molecule has 0 saturated carbocycles. The SMILES string of the molecule is CC(=O)N(C)C.[B][B]B([B])B(B([B])[B])B(B([B])[B])B([B])[B]. The molecular weight excluding hydrogens is 240 g/mol. The van der Waals surface area contributed by atoms with E-state index in [0.29, 0.717) is 0 Å². The summed E-state index contributed by atoms with van der Waals surface area (Å²) < 4.78 is 0. The van der Waals surface area contributed by atoms with Crippen molar-refractivity contribution in [3.05, 3.63) is 0 Å². The first kappa shape index (κ1) is 23.7. The molecular formula is C4H9B15NO. The largest absolute Gasteiger partial charge is 0.349 e. The van der Waals surface area contributed by atoms with Crippen LogP contribution in [-0.2, 0) is 4.79 Å².